The molecule has 22 heavy (non-hydrogen) atoms. The molecule has 6 heteroatoms. The van der Waals surface area contributed by atoms with Gasteiger partial charge in [-0.15, -0.1) is 9.05 Å². The van der Waals surface area contributed by atoms with E-state index in [0.717, 1.165) is 11.1 Å². The van der Waals surface area contributed by atoms with Crippen molar-refractivity contribution in [2.24, 2.45) is 0 Å². The van der Waals surface area contributed by atoms with Crippen LogP contribution < -0.4 is 0 Å². The molecule has 0 radical (unpaired) electrons. The molecule has 0 N–H and O–H groups in total. The molecular formula is C16H14O3PS2+. The number of hydrogen-bond acceptors (Lipinski definition) is 5. The molecule has 0 aliphatic carbocycles. The first-order chi connectivity index (χ1) is 10.7. The molecule has 2 aromatic carbocycles. The van der Waals surface area contributed by atoms with Crippen LogP contribution >= 0.6 is 32.7 Å². The van der Waals surface area contributed by atoms with Crippen molar-refractivity contribution in [3.05, 3.63) is 71.8 Å². The van der Waals surface area contributed by atoms with Crippen LogP contribution in [0, 0.1) is 0 Å². The summed E-state index contributed by atoms with van der Waals surface area (Å²) in [5, 5.41) is 0. The summed E-state index contributed by atoms with van der Waals surface area (Å²) >= 11 is 10.4. The zero-order valence-corrected chi connectivity index (χ0v) is 14.2. The summed E-state index contributed by atoms with van der Waals surface area (Å²) in [4.78, 5) is 1.16. The van der Waals surface area contributed by atoms with E-state index in [0.29, 0.717) is 9.73 Å². The van der Waals surface area contributed by atoms with Crippen molar-refractivity contribution < 1.29 is 13.6 Å². The van der Waals surface area contributed by atoms with Crippen LogP contribution in [0.4, 0.5) is 0 Å². The number of rotatable bonds is 8. The van der Waals surface area contributed by atoms with Gasteiger partial charge >= 0.3 is 8.25 Å². The highest BCUT2D eigenvalue weighted by Gasteiger charge is 2.22. The third kappa shape index (κ3) is 5.44. The van der Waals surface area contributed by atoms with Crippen LogP contribution in [-0.4, -0.2) is 22.9 Å². The third-order valence-corrected chi connectivity index (χ3v) is 4.18. The lowest BCUT2D eigenvalue weighted by molar-refractivity contribution is 0.274. The van der Waals surface area contributed by atoms with E-state index in [2.05, 4.69) is 0 Å². The highest BCUT2D eigenvalue weighted by atomic mass is 32.1. The van der Waals surface area contributed by atoms with Crippen LogP contribution in [0.15, 0.2) is 60.7 Å². The Morgan fingerprint density at radius 1 is 0.773 bits per heavy atom. The molecule has 0 aromatic heterocycles. The fourth-order valence-electron chi connectivity index (χ4n) is 1.67. The molecule has 0 unspecified atom stereocenters. The Kier molecular flexibility index (Phi) is 6.90. The fourth-order valence-corrected chi connectivity index (χ4v) is 2.78. The van der Waals surface area contributed by atoms with Crippen molar-refractivity contribution in [1.82, 2.24) is 0 Å². The van der Waals surface area contributed by atoms with E-state index in [1.54, 1.807) is 0 Å². The molecule has 0 aliphatic rings. The lowest BCUT2D eigenvalue weighted by Crippen LogP contribution is -2.07. The maximum atomic E-state index is 11.7. The first-order valence-corrected chi connectivity index (χ1v) is 8.47. The topological polar surface area (TPSA) is 35.5 Å². The maximum absolute atomic E-state index is 11.7. The van der Waals surface area contributed by atoms with Crippen molar-refractivity contribution in [1.29, 1.82) is 0 Å². The largest absolute Gasteiger partial charge is 0.698 e. The maximum Gasteiger partial charge on any atom is 0.698 e. The Morgan fingerprint density at radius 3 is 1.50 bits per heavy atom. The van der Waals surface area contributed by atoms with E-state index in [4.69, 9.17) is 33.5 Å². The molecule has 0 fully saturated rings. The molecule has 0 atom stereocenters. The quantitative estimate of drug-likeness (QED) is 0.398. The fraction of sp³-hybridized carbons (Fsp3) is 0.125. The second kappa shape index (κ2) is 8.93. The van der Waals surface area contributed by atoms with E-state index >= 15 is 0 Å². The van der Waals surface area contributed by atoms with E-state index in [9.17, 15) is 4.57 Å². The van der Waals surface area contributed by atoms with Crippen molar-refractivity contribution in [2.75, 3.05) is 13.2 Å². The summed E-state index contributed by atoms with van der Waals surface area (Å²) < 4.78 is 22.0. The summed E-state index contributed by atoms with van der Waals surface area (Å²) in [6, 6.07) is 18.9. The molecule has 0 saturated carbocycles. The molecule has 2 aromatic rings. The molecular weight excluding hydrogens is 335 g/mol. The van der Waals surface area contributed by atoms with Crippen LogP contribution in [-0.2, 0) is 13.6 Å². The summed E-state index contributed by atoms with van der Waals surface area (Å²) in [7, 11) is -2.25. The van der Waals surface area contributed by atoms with E-state index in [1.807, 2.05) is 60.7 Å². The van der Waals surface area contributed by atoms with Gasteiger partial charge in [0.1, 0.15) is 13.2 Å². The SMILES string of the molecule is O=[P+](OCC(=S)c1ccccc1)OCC(=S)c1ccccc1. The van der Waals surface area contributed by atoms with Gasteiger partial charge in [-0.1, -0.05) is 85.1 Å². The smallest absolute Gasteiger partial charge is 0.113 e. The average Bonchev–Trinajstić information content (AvgIpc) is 2.59. The molecule has 0 saturated heterocycles. The van der Waals surface area contributed by atoms with Gasteiger partial charge in [-0.2, -0.15) is 0 Å². The van der Waals surface area contributed by atoms with Crippen molar-refractivity contribution in [3.63, 3.8) is 0 Å². The Hall–Kier alpha value is -1.36. The summed E-state index contributed by atoms with van der Waals surface area (Å²) in [6.07, 6.45) is 0. The Bertz CT molecular complexity index is 602. The minimum atomic E-state index is -2.25. The van der Waals surface area contributed by atoms with Gasteiger partial charge < -0.3 is 0 Å². The number of benzene rings is 2. The third-order valence-electron chi connectivity index (χ3n) is 2.79. The first-order valence-electron chi connectivity index (χ1n) is 6.56. The lowest BCUT2D eigenvalue weighted by atomic mass is 10.2. The van der Waals surface area contributed by atoms with Crippen LogP contribution in [0.3, 0.4) is 0 Å². The van der Waals surface area contributed by atoms with Crippen molar-refractivity contribution >= 4 is 42.4 Å². The molecule has 112 valence electrons. The minimum absolute atomic E-state index is 0.0760. The van der Waals surface area contributed by atoms with Crippen LogP contribution in [0.5, 0.6) is 0 Å². The number of thiocarbonyl (C=S) groups is 2. The average molecular weight is 349 g/mol. The van der Waals surface area contributed by atoms with Gasteiger partial charge in [0.05, 0.1) is 9.73 Å². The highest BCUT2D eigenvalue weighted by molar-refractivity contribution is 7.81. The van der Waals surface area contributed by atoms with E-state index in [-0.39, 0.29) is 13.2 Å². The normalized spacial score (nSPS) is 10.2. The monoisotopic (exact) mass is 349 g/mol. The molecule has 0 heterocycles. The van der Waals surface area contributed by atoms with Gasteiger partial charge in [-0.25, -0.2) is 0 Å². The van der Waals surface area contributed by atoms with Crippen molar-refractivity contribution in [3.8, 4) is 0 Å². The molecule has 3 nitrogen and oxygen atoms in total. The number of hydrogen-bond donors (Lipinski definition) is 0. The zero-order valence-electron chi connectivity index (χ0n) is 11.7. The van der Waals surface area contributed by atoms with Crippen molar-refractivity contribution in [2.45, 2.75) is 0 Å². The lowest BCUT2D eigenvalue weighted by Gasteiger charge is -2.00. The van der Waals surface area contributed by atoms with Gasteiger partial charge in [-0.3, -0.25) is 0 Å². The predicted molar refractivity (Wildman–Crippen MR) is 95.8 cm³/mol. The molecule has 0 spiro atoms. The van der Waals surface area contributed by atoms with Crippen LogP contribution in [0.2, 0.25) is 0 Å². The molecule has 0 amide bonds. The zero-order chi connectivity index (χ0) is 15.8. The van der Waals surface area contributed by atoms with Gasteiger partial charge in [0.25, 0.3) is 0 Å². The molecule has 0 aliphatic heterocycles. The Labute approximate surface area is 141 Å². The van der Waals surface area contributed by atoms with E-state index in [1.165, 1.54) is 0 Å². The highest BCUT2D eigenvalue weighted by Crippen LogP contribution is 2.24. The summed E-state index contributed by atoms with van der Waals surface area (Å²) in [5.74, 6) is 0. The molecule has 0 bridgehead atoms. The first kappa shape index (κ1) is 17.0. The Morgan fingerprint density at radius 2 is 1.14 bits per heavy atom. The summed E-state index contributed by atoms with van der Waals surface area (Å²) in [5.41, 5.74) is 1.75. The van der Waals surface area contributed by atoms with Gasteiger partial charge in [0.15, 0.2) is 0 Å². The molecule has 2 rings (SSSR count). The van der Waals surface area contributed by atoms with Gasteiger partial charge in [0, 0.05) is 4.57 Å². The predicted octanol–water partition coefficient (Wildman–Crippen LogP) is 4.51. The van der Waals surface area contributed by atoms with E-state index < -0.39 is 8.25 Å². The minimum Gasteiger partial charge on any atom is -0.113 e. The Balaban J connectivity index is 1.74. The summed E-state index contributed by atoms with van der Waals surface area (Å²) in [6.45, 7) is 0.152. The van der Waals surface area contributed by atoms with Gasteiger partial charge in [-0.05, 0) is 11.1 Å². The second-order valence-electron chi connectivity index (χ2n) is 4.35. The van der Waals surface area contributed by atoms with Crippen LogP contribution in [0.25, 0.3) is 0 Å². The standard InChI is InChI=1S/C16H14O3PS2/c17-20(18-11-15(21)13-7-3-1-4-8-13)19-12-16(22)14-9-5-2-6-10-14/h1-10H,11-12H2/q+1. The van der Waals surface area contributed by atoms with Crippen LogP contribution in [0.1, 0.15) is 11.1 Å². The van der Waals surface area contributed by atoms with Gasteiger partial charge in [0.2, 0.25) is 0 Å². The second-order valence-corrected chi connectivity index (χ2v) is 6.30.